The first-order valence-electron chi connectivity index (χ1n) is 6.44. The lowest BCUT2D eigenvalue weighted by Crippen LogP contribution is -2.18. The number of hydrogen-bond donors (Lipinski definition) is 1. The number of aromatic nitrogens is 2. The molecule has 1 rings (SSSR count). The van der Waals surface area contributed by atoms with Crippen LogP contribution in [0.25, 0.3) is 0 Å². The molecule has 0 amide bonds. The molecule has 0 aliphatic rings. The fourth-order valence-electron chi connectivity index (χ4n) is 2.40. The highest BCUT2D eigenvalue weighted by atomic mass is 14.9. The SMILES string of the molecule is CNCc1cnc(C(C(C)C)C(C)C)nc1C. The summed E-state index contributed by atoms with van der Waals surface area (Å²) in [5.41, 5.74) is 2.28. The number of nitrogens with zero attached hydrogens (tertiary/aromatic N) is 2. The van der Waals surface area contributed by atoms with Crippen LogP contribution in [0.3, 0.4) is 0 Å². The zero-order valence-electron chi connectivity index (χ0n) is 11.9. The number of rotatable bonds is 5. The van der Waals surface area contributed by atoms with E-state index in [0.717, 1.165) is 18.1 Å². The van der Waals surface area contributed by atoms with Crippen LogP contribution in [-0.2, 0) is 6.54 Å². The fourth-order valence-corrected chi connectivity index (χ4v) is 2.40. The highest BCUT2D eigenvalue weighted by Crippen LogP contribution is 2.29. The van der Waals surface area contributed by atoms with E-state index in [9.17, 15) is 0 Å². The van der Waals surface area contributed by atoms with Crippen molar-refractivity contribution < 1.29 is 0 Å². The van der Waals surface area contributed by atoms with Crippen molar-refractivity contribution in [1.29, 1.82) is 0 Å². The minimum atomic E-state index is 0.442. The van der Waals surface area contributed by atoms with E-state index in [4.69, 9.17) is 0 Å². The van der Waals surface area contributed by atoms with Gasteiger partial charge in [0.1, 0.15) is 5.82 Å². The van der Waals surface area contributed by atoms with Crippen molar-refractivity contribution in [3.63, 3.8) is 0 Å². The van der Waals surface area contributed by atoms with Crippen LogP contribution >= 0.6 is 0 Å². The first-order chi connectivity index (χ1) is 7.97. The minimum Gasteiger partial charge on any atom is -0.316 e. The molecule has 1 N–H and O–H groups in total. The van der Waals surface area contributed by atoms with E-state index in [0.29, 0.717) is 17.8 Å². The van der Waals surface area contributed by atoms with Crippen molar-refractivity contribution in [2.45, 2.75) is 47.1 Å². The Morgan fingerprint density at radius 3 is 2.18 bits per heavy atom. The maximum Gasteiger partial charge on any atom is 0.132 e. The molecule has 0 aliphatic heterocycles. The van der Waals surface area contributed by atoms with Crippen molar-refractivity contribution in [2.75, 3.05) is 7.05 Å². The van der Waals surface area contributed by atoms with Crippen LogP contribution in [0.5, 0.6) is 0 Å². The van der Waals surface area contributed by atoms with Gasteiger partial charge in [0, 0.05) is 29.9 Å². The van der Waals surface area contributed by atoms with Gasteiger partial charge in [0.25, 0.3) is 0 Å². The zero-order valence-corrected chi connectivity index (χ0v) is 11.9. The Morgan fingerprint density at radius 2 is 1.76 bits per heavy atom. The van der Waals surface area contributed by atoms with Crippen molar-refractivity contribution in [1.82, 2.24) is 15.3 Å². The molecular weight excluding hydrogens is 210 g/mol. The molecule has 0 radical (unpaired) electrons. The van der Waals surface area contributed by atoms with E-state index in [1.807, 2.05) is 13.2 Å². The van der Waals surface area contributed by atoms with E-state index >= 15 is 0 Å². The first-order valence-corrected chi connectivity index (χ1v) is 6.44. The summed E-state index contributed by atoms with van der Waals surface area (Å²) in [4.78, 5) is 9.23. The molecular formula is C14H25N3. The van der Waals surface area contributed by atoms with Crippen molar-refractivity contribution in [2.24, 2.45) is 11.8 Å². The predicted octanol–water partition coefficient (Wildman–Crippen LogP) is 2.90. The van der Waals surface area contributed by atoms with E-state index in [2.05, 4.69) is 49.9 Å². The molecule has 0 aromatic carbocycles. The van der Waals surface area contributed by atoms with Crippen LogP contribution in [-0.4, -0.2) is 17.0 Å². The summed E-state index contributed by atoms with van der Waals surface area (Å²) in [6.07, 6.45) is 1.96. The highest BCUT2D eigenvalue weighted by molar-refractivity contribution is 5.17. The molecule has 1 aromatic heterocycles. The monoisotopic (exact) mass is 235 g/mol. The molecule has 1 aromatic rings. The van der Waals surface area contributed by atoms with E-state index in [-0.39, 0.29) is 0 Å². The molecule has 17 heavy (non-hydrogen) atoms. The van der Waals surface area contributed by atoms with Gasteiger partial charge >= 0.3 is 0 Å². The topological polar surface area (TPSA) is 37.8 Å². The van der Waals surface area contributed by atoms with Crippen molar-refractivity contribution in [3.05, 3.63) is 23.3 Å². The van der Waals surface area contributed by atoms with Gasteiger partial charge in [0.05, 0.1) is 0 Å². The van der Waals surface area contributed by atoms with E-state index in [1.54, 1.807) is 0 Å². The maximum atomic E-state index is 4.68. The van der Waals surface area contributed by atoms with Gasteiger partial charge in [-0.1, -0.05) is 27.7 Å². The molecule has 96 valence electrons. The van der Waals surface area contributed by atoms with Crippen molar-refractivity contribution >= 4 is 0 Å². The summed E-state index contributed by atoms with van der Waals surface area (Å²) < 4.78 is 0. The summed E-state index contributed by atoms with van der Waals surface area (Å²) in [5.74, 6) is 2.58. The van der Waals surface area contributed by atoms with Crippen LogP contribution < -0.4 is 5.32 Å². The molecule has 0 fully saturated rings. The van der Waals surface area contributed by atoms with Gasteiger partial charge < -0.3 is 5.32 Å². The van der Waals surface area contributed by atoms with Crippen LogP contribution in [0.15, 0.2) is 6.20 Å². The molecule has 0 atom stereocenters. The Kier molecular flexibility index (Phi) is 5.06. The molecule has 3 nitrogen and oxygen atoms in total. The van der Waals surface area contributed by atoms with Gasteiger partial charge in [-0.15, -0.1) is 0 Å². The van der Waals surface area contributed by atoms with Gasteiger partial charge in [-0.25, -0.2) is 9.97 Å². The standard InChI is InChI=1S/C14H25N3/c1-9(2)13(10(3)4)14-16-8-12(7-15-6)11(5)17-14/h8-10,13,15H,7H2,1-6H3. The smallest absolute Gasteiger partial charge is 0.132 e. The zero-order chi connectivity index (χ0) is 13.0. The van der Waals surface area contributed by atoms with Crippen LogP contribution in [0.4, 0.5) is 0 Å². The summed E-state index contributed by atoms with van der Waals surface area (Å²) >= 11 is 0. The minimum absolute atomic E-state index is 0.442. The molecule has 0 saturated carbocycles. The third kappa shape index (κ3) is 3.50. The second-order valence-corrected chi connectivity index (χ2v) is 5.38. The molecule has 0 bridgehead atoms. The van der Waals surface area contributed by atoms with Crippen LogP contribution in [0.2, 0.25) is 0 Å². The van der Waals surface area contributed by atoms with Gasteiger partial charge in [0.15, 0.2) is 0 Å². The first kappa shape index (κ1) is 14.1. The number of aryl methyl sites for hydroxylation is 1. The molecule has 0 unspecified atom stereocenters. The average molecular weight is 235 g/mol. The summed E-state index contributed by atoms with van der Waals surface area (Å²) in [5, 5.41) is 3.14. The molecule has 0 aliphatic carbocycles. The van der Waals surface area contributed by atoms with E-state index < -0.39 is 0 Å². The third-order valence-electron chi connectivity index (χ3n) is 3.20. The largest absolute Gasteiger partial charge is 0.316 e. The Bertz CT molecular complexity index is 350. The number of hydrogen-bond acceptors (Lipinski definition) is 3. The van der Waals surface area contributed by atoms with E-state index in [1.165, 1.54) is 5.56 Å². The van der Waals surface area contributed by atoms with Crippen LogP contribution in [0.1, 0.15) is 50.7 Å². The summed E-state index contributed by atoms with van der Waals surface area (Å²) in [6.45, 7) is 11.9. The summed E-state index contributed by atoms with van der Waals surface area (Å²) in [6, 6.07) is 0. The second-order valence-electron chi connectivity index (χ2n) is 5.38. The quantitative estimate of drug-likeness (QED) is 0.852. The Balaban J connectivity index is 3.02. The average Bonchev–Trinajstić information content (AvgIpc) is 2.21. The number of nitrogens with one attached hydrogen (secondary N) is 1. The lowest BCUT2D eigenvalue weighted by atomic mass is 9.85. The van der Waals surface area contributed by atoms with Crippen molar-refractivity contribution in [3.8, 4) is 0 Å². The predicted molar refractivity (Wildman–Crippen MR) is 71.9 cm³/mol. The fraction of sp³-hybridized carbons (Fsp3) is 0.714. The molecule has 0 spiro atoms. The maximum absolute atomic E-state index is 4.68. The Hall–Kier alpha value is -0.960. The molecule has 3 heteroatoms. The second kappa shape index (κ2) is 6.10. The summed E-state index contributed by atoms with van der Waals surface area (Å²) in [7, 11) is 1.94. The Labute approximate surface area is 105 Å². The lowest BCUT2D eigenvalue weighted by molar-refractivity contribution is 0.370. The molecule has 1 heterocycles. The van der Waals surface area contributed by atoms with Gasteiger partial charge in [-0.2, -0.15) is 0 Å². The van der Waals surface area contributed by atoms with Crippen LogP contribution in [0, 0.1) is 18.8 Å². The third-order valence-corrected chi connectivity index (χ3v) is 3.20. The molecule has 0 saturated heterocycles. The highest BCUT2D eigenvalue weighted by Gasteiger charge is 2.22. The normalized spacial score (nSPS) is 11.8. The van der Waals surface area contributed by atoms with Gasteiger partial charge in [-0.05, 0) is 25.8 Å². The lowest BCUT2D eigenvalue weighted by Gasteiger charge is -2.23. The van der Waals surface area contributed by atoms with Gasteiger partial charge in [-0.3, -0.25) is 0 Å². The Morgan fingerprint density at radius 1 is 1.18 bits per heavy atom. The van der Waals surface area contributed by atoms with Gasteiger partial charge in [0.2, 0.25) is 0 Å².